The molecule has 0 atom stereocenters. The quantitative estimate of drug-likeness (QED) is 0.785. The predicted octanol–water partition coefficient (Wildman–Crippen LogP) is 2.17. The van der Waals surface area contributed by atoms with Crippen molar-refractivity contribution in [3.05, 3.63) is 35.4 Å². The average Bonchev–Trinajstić information content (AvgIpc) is 2.59. The second-order valence-corrected chi connectivity index (χ2v) is 5.97. The first-order valence-electron chi connectivity index (χ1n) is 8.46. The molecule has 0 unspecified atom stereocenters. The standard InChI is InChI=1S/C18H28N2O2/c1-2-16-6-8-17(9-7-16)18(22)20-13-11-19(12-14-20)10-4-3-5-15-21/h6-9,21H,2-5,10-15H2,1H3. The fourth-order valence-electron chi connectivity index (χ4n) is 2.86. The molecule has 1 aliphatic rings. The molecule has 1 fully saturated rings. The molecule has 0 aromatic heterocycles. The van der Waals surface area contributed by atoms with Gasteiger partial charge < -0.3 is 10.0 Å². The smallest absolute Gasteiger partial charge is 0.253 e. The number of rotatable bonds is 7. The van der Waals surface area contributed by atoms with Gasteiger partial charge >= 0.3 is 0 Å². The summed E-state index contributed by atoms with van der Waals surface area (Å²) in [6, 6.07) is 7.99. The van der Waals surface area contributed by atoms with Crippen LogP contribution >= 0.6 is 0 Å². The Kier molecular flexibility index (Phi) is 6.87. The van der Waals surface area contributed by atoms with E-state index in [4.69, 9.17) is 5.11 Å². The highest BCUT2D eigenvalue weighted by Gasteiger charge is 2.21. The Morgan fingerprint density at radius 1 is 1.05 bits per heavy atom. The minimum Gasteiger partial charge on any atom is -0.396 e. The van der Waals surface area contributed by atoms with E-state index in [9.17, 15) is 4.79 Å². The lowest BCUT2D eigenvalue weighted by Gasteiger charge is -2.34. The number of aliphatic hydroxyl groups is 1. The number of unbranched alkanes of at least 4 members (excludes halogenated alkanes) is 2. The van der Waals surface area contributed by atoms with Crippen LogP contribution in [-0.4, -0.2) is 60.1 Å². The van der Waals surface area contributed by atoms with Crippen molar-refractivity contribution in [2.75, 3.05) is 39.3 Å². The van der Waals surface area contributed by atoms with Gasteiger partial charge in [-0.1, -0.05) is 19.1 Å². The topological polar surface area (TPSA) is 43.8 Å². The molecule has 0 aliphatic carbocycles. The molecule has 1 amide bonds. The highest BCUT2D eigenvalue weighted by Crippen LogP contribution is 2.11. The molecule has 1 aromatic carbocycles. The van der Waals surface area contributed by atoms with E-state index in [1.165, 1.54) is 5.56 Å². The molecule has 1 heterocycles. The van der Waals surface area contributed by atoms with Crippen LogP contribution in [0.4, 0.5) is 0 Å². The highest BCUT2D eigenvalue weighted by molar-refractivity contribution is 5.94. The highest BCUT2D eigenvalue weighted by atomic mass is 16.2. The molecule has 1 aliphatic heterocycles. The Hall–Kier alpha value is -1.39. The summed E-state index contributed by atoms with van der Waals surface area (Å²) < 4.78 is 0. The Balaban J connectivity index is 1.76. The summed E-state index contributed by atoms with van der Waals surface area (Å²) >= 11 is 0. The maximum Gasteiger partial charge on any atom is 0.253 e. The molecule has 2 rings (SSSR count). The largest absolute Gasteiger partial charge is 0.396 e. The number of benzene rings is 1. The van der Waals surface area contributed by atoms with Gasteiger partial charge in [-0.2, -0.15) is 0 Å². The van der Waals surface area contributed by atoms with Gasteiger partial charge in [0.05, 0.1) is 0 Å². The van der Waals surface area contributed by atoms with Crippen LogP contribution in [-0.2, 0) is 6.42 Å². The molecule has 0 spiro atoms. The Labute approximate surface area is 133 Å². The zero-order chi connectivity index (χ0) is 15.8. The fourth-order valence-corrected chi connectivity index (χ4v) is 2.86. The molecular formula is C18H28N2O2. The number of aryl methyl sites for hydroxylation is 1. The van der Waals surface area contributed by atoms with Gasteiger partial charge in [-0.05, 0) is 49.9 Å². The van der Waals surface area contributed by atoms with Crippen molar-refractivity contribution in [3.8, 4) is 0 Å². The SMILES string of the molecule is CCc1ccc(C(=O)N2CCN(CCCCCO)CC2)cc1. The van der Waals surface area contributed by atoms with Gasteiger partial charge in [0.1, 0.15) is 0 Å². The van der Waals surface area contributed by atoms with E-state index in [1.54, 1.807) is 0 Å². The van der Waals surface area contributed by atoms with Crippen LogP contribution in [0.1, 0.15) is 42.1 Å². The first kappa shape index (κ1) is 17.0. The zero-order valence-corrected chi connectivity index (χ0v) is 13.6. The summed E-state index contributed by atoms with van der Waals surface area (Å²) in [7, 11) is 0. The van der Waals surface area contributed by atoms with Crippen LogP contribution in [0.5, 0.6) is 0 Å². The third-order valence-electron chi connectivity index (χ3n) is 4.40. The first-order chi connectivity index (χ1) is 10.7. The summed E-state index contributed by atoms with van der Waals surface area (Å²) in [5.74, 6) is 0.155. The lowest BCUT2D eigenvalue weighted by Crippen LogP contribution is -2.48. The molecule has 122 valence electrons. The minimum absolute atomic E-state index is 0.155. The number of hydrogen-bond donors (Lipinski definition) is 1. The number of nitrogens with zero attached hydrogens (tertiary/aromatic N) is 2. The number of aliphatic hydroxyl groups excluding tert-OH is 1. The van der Waals surface area contributed by atoms with Crippen LogP contribution in [0, 0.1) is 0 Å². The Morgan fingerprint density at radius 2 is 1.73 bits per heavy atom. The molecule has 4 nitrogen and oxygen atoms in total. The Bertz CT molecular complexity index is 451. The molecule has 0 radical (unpaired) electrons. The van der Waals surface area contributed by atoms with Crippen LogP contribution in [0.3, 0.4) is 0 Å². The monoisotopic (exact) mass is 304 g/mol. The molecule has 0 saturated carbocycles. The van der Waals surface area contributed by atoms with Crippen LogP contribution < -0.4 is 0 Å². The van der Waals surface area contributed by atoms with Crippen molar-refractivity contribution in [1.29, 1.82) is 0 Å². The van der Waals surface area contributed by atoms with Crippen molar-refractivity contribution in [2.45, 2.75) is 32.6 Å². The van der Waals surface area contributed by atoms with Crippen molar-refractivity contribution < 1.29 is 9.90 Å². The van der Waals surface area contributed by atoms with E-state index in [0.717, 1.165) is 64.0 Å². The summed E-state index contributed by atoms with van der Waals surface area (Å²) in [5, 5.41) is 8.78. The van der Waals surface area contributed by atoms with E-state index < -0.39 is 0 Å². The number of carbonyl (C=O) groups is 1. The lowest BCUT2D eigenvalue weighted by atomic mass is 10.1. The van der Waals surface area contributed by atoms with Gasteiger partial charge in [0.15, 0.2) is 0 Å². The average molecular weight is 304 g/mol. The van der Waals surface area contributed by atoms with Crippen molar-refractivity contribution >= 4 is 5.91 Å². The summed E-state index contributed by atoms with van der Waals surface area (Å²) in [6.07, 6.45) is 4.11. The maximum absolute atomic E-state index is 12.5. The van der Waals surface area contributed by atoms with Crippen molar-refractivity contribution in [2.24, 2.45) is 0 Å². The molecule has 22 heavy (non-hydrogen) atoms. The number of piperazine rings is 1. The Morgan fingerprint density at radius 3 is 2.32 bits per heavy atom. The van der Waals surface area contributed by atoms with E-state index in [2.05, 4.69) is 11.8 Å². The summed E-state index contributed by atoms with van der Waals surface area (Å²) in [4.78, 5) is 16.9. The predicted molar refractivity (Wildman–Crippen MR) is 89.1 cm³/mol. The molecule has 0 bridgehead atoms. The number of carbonyl (C=O) groups excluding carboxylic acids is 1. The van der Waals surface area contributed by atoms with Gasteiger partial charge in [-0.3, -0.25) is 9.69 Å². The third-order valence-corrected chi connectivity index (χ3v) is 4.40. The van der Waals surface area contributed by atoms with E-state index in [0.29, 0.717) is 6.61 Å². The zero-order valence-electron chi connectivity index (χ0n) is 13.6. The maximum atomic E-state index is 12.5. The summed E-state index contributed by atoms with van der Waals surface area (Å²) in [5.41, 5.74) is 2.07. The molecule has 1 saturated heterocycles. The van der Waals surface area contributed by atoms with E-state index >= 15 is 0 Å². The van der Waals surface area contributed by atoms with Gasteiger partial charge in [0.2, 0.25) is 0 Å². The molecular weight excluding hydrogens is 276 g/mol. The van der Waals surface area contributed by atoms with Gasteiger partial charge in [-0.25, -0.2) is 0 Å². The summed E-state index contributed by atoms with van der Waals surface area (Å²) in [6.45, 7) is 7.03. The van der Waals surface area contributed by atoms with Crippen molar-refractivity contribution in [3.63, 3.8) is 0 Å². The number of amides is 1. The third kappa shape index (κ3) is 4.82. The molecule has 4 heteroatoms. The van der Waals surface area contributed by atoms with Crippen LogP contribution in [0.25, 0.3) is 0 Å². The van der Waals surface area contributed by atoms with Crippen LogP contribution in [0.2, 0.25) is 0 Å². The fraction of sp³-hybridized carbons (Fsp3) is 0.611. The van der Waals surface area contributed by atoms with Gasteiger partial charge in [0, 0.05) is 38.3 Å². The van der Waals surface area contributed by atoms with Crippen LogP contribution in [0.15, 0.2) is 24.3 Å². The van der Waals surface area contributed by atoms with E-state index in [1.807, 2.05) is 29.2 Å². The van der Waals surface area contributed by atoms with E-state index in [-0.39, 0.29) is 5.91 Å². The molecule has 1 N–H and O–H groups in total. The first-order valence-corrected chi connectivity index (χ1v) is 8.46. The lowest BCUT2D eigenvalue weighted by molar-refractivity contribution is 0.0634. The normalized spacial score (nSPS) is 16.0. The van der Waals surface area contributed by atoms with Gasteiger partial charge in [-0.15, -0.1) is 0 Å². The second kappa shape index (κ2) is 8.91. The number of hydrogen-bond acceptors (Lipinski definition) is 3. The molecule has 1 aromatic rings. The van der Waals surface area contributed by atoms with Gasteiger partial charge in [0.25, 0.3) is 5.91 Å². The second-order valence-electron chi connectivity index (χ2n) is 5.97. The minimum atomic E-state index is 0.155. The van der Waals surface area contributed by atoms with Crippen molar-refractivity contribution in [1.82, 2.24) is 9.80 Å².